The predicted octanol–water partition coefficient (Wildman–Crippen LogP) is 3.07. The minimum absolute atomic E-state index is 0.0518. The molecule has 1 unspecified atom stereocenters. The lowest BCUT2D eigenvalue weighted by Gasteiger charge is -2.28. The van der Waals surface area contributed by atoms with Gasteiger partial charge in [-0.25, -0.2) is 4.98 Å². The van der Waals surface area contributed by atoms with Gasteiger partial charge in [0.15, 0.2) is 0 Å². The van der Waals surface area contributed by atoms with E-state index >= 15 is 0 Å². The summed E-state index contributed by atoms with van der Waals surface area (Å²) in [6.45, 7) is 11.5. The third kappa shape index (κ3) is 3.45. The average molecular weight is 249 g/mol. The van der Waals surface area contributed by atoms with Crippen molar-refractivity contribution in [3.05, 3.63) is 23.4 Å². The van der Waals surface area contributed by atoms with Gasteiger partial charge in [-0.15, -0.1) is 0 Å². The smallest absolute Gasteiger partial charge is 0.129 e. The van der Waals surface area contributed by atoms with Gasteiger partial charge in [0.05, 0.1) is 0 Å². The molecule has 0 spiro atoms. The molecule has 18 heavy (non-hydrogen) atoms. The highest BCUT2D eigenvalue weighted by atomic mass is 15.2. The van der Waals surface area contributed by atoms with Crippen molar-refractivity contribution in [2.75, 3.05) is 11.9 Å². The second kappa shape index (κ2) is 5.70. The summed E-state index contributed by atoms with van der Waals surface area (Å²) < 4.78 is 0. The van der Waals surface area contributed by atoms with Crippen molar-refractivity contribution in [2.24, 2.45) is 5.73 Å². The molecule has 3 heteroatoms. The number of hydrogen-bond acceptors (Lipinski definition) is 3. The number of aromatic nitrogens is 1. The number of rotatable bonds is 4. The molecule has 0 amide bonds. The van der Waals surface area contributed by atoms with Crippen LogP contribution in [0.5, 0.6) is 0 Å². The zero-order chi connectivity index (χ0) is 13.9. The number of hydrogen-bond donors (Lipinski definition) is 1. The first-order chi connectivity index (χ1) is 8.29. The molecule has 1 atom stereocenters. The molecule has 1 rings (SSSR count). The van der Waals surface area contributed by atoms with Crippen molar-refractivity contribution < 1.29 is 0 Å². The van der Waals surface area contributed by atoms with E-state index in [9.17, 15) is 0 Å². The van der Waals surface area contributed by atoms with Gasteiger partial charge in [0.25, 0.3) is 0 Å². The summed E-state index contributed by atoms with van der Waals surface area (Å²) in [4.78, 5) is 7.02. The van der Waals surface area contributed by atoms with Crippen LogP contribution in [0.2, 0.25) is 0 Å². The highest BCUT2D eigenvalue weighted by Crippen LogP contribution is 2.25. The molecule has 0 saturated carbocycles. The lowest BCUT2D eigenvalue weighted by atomic mass is 9.90. The van der Waals surface area contributed by atoms with E-state index in [1.807, 2.05) is 0 Å². The quantitative estimate of drug-likeness (QED) is 0.891. The molecule has 1 aromatic heterocycles. The first kappa shape index (κ1) is 15.0. The first-order valence-corrected chi connectivity index (χ1v) is 6.74. The molecule has 3 nitrogen and oxygen atoms in total. The van der Waals surface area contributed by atoms with Crippen LogP contribution in [-0.4, -0.2) is 18.1 Å². The van der Waals surface area contributed by atoms with Gasteiger partial charge in [0, 0.05) is 30.7 Å². The fraction of sp³-hybridized carbons (Fsp3) is 0.667. The van der Waals surface area contributed by atoms with Crippen LogP contribution < -0.4 is 10.6 Å². The molecule has 102 valence electrons. The molecular weight excluding hydrogens is 222 g/mol. The molecule has 0 aliphatic rings. The Hall–Kier alpha value is -1.09. The van der Waals surface area contributed by atoms with Crippen molar-refractivity contribution in [3.8, 4) is 0 Å². The van der Waals surface area contributed by atoms with Gasteiger partial charge in [0.1, 0.15) is 5.82 Å². The van der Waals surface area contributed by atoms with E-state index in [0.29, 0.717) is 12.6 Å². The molecule has 1 aromatic rings. The van der Waals surface area contributed by atoms with Gasteiger partial charge in [-0.05, 0) is 31.0 Å². The van der Waals surface area contributed by atoms with Crippen LogP contribution in [0.3, 0.4) is 0 Å². The van der Waals surface area contributed by atoms with Gasteiger partial charge in [-0.3, -0.25) is 0 Å². The Morgan fingerprint density at radius 2 is 1.94 bits per heavy atom. The number of pyridine rings is 1. The summed E-state index contributed by atoms with van der Waals surface area (Å²) in [6, 6.07) is 4.70. The maximum absolute atomic E-state index is 5.79. The van der Waals surface area contributed by atoms with E-state index in [1.165, 1.54) is 0 Å². The van der Waals surface area contributed by atoms with Crippen molar-refractivity contribution in [2.45, 2.75) is 59.0 Å². The highest BCUT2D eigenvalue weighted by Gasteiger charge is 2.19. The first-order valence-electron chi connectivity index (χ1n) is 6.74. The normalized spacial score (nSPS) is 13.5. The maximum Gasteiger partial charge on any atom is 0.129 e. The summed E-state index contributed by atoms with van der Waals surface area (Å²) in [6.07, 6.45) is 1.11. The zero-order valence-electron chi connectivity index (χ0n) is 12.6. The SMILES string of the molecule is CCC(C)N(C)c1cc(CN)cc(C(C)(C)C)n1. The van der Waals surface area contributed by atoms with Crippen LogP contribution in [0.4, 0.5) is 5.82 Å². The van der Waals surface area contributed by atoms with Crippen LogP contribution in [-0.2, 0) is 12.0 Å². The molecule has 0 aliphatic carbocycles. The molecular formula is C15H27N3. The Balaban J connectivity index is 3.20. The van der Waals surface area contributed by atoms with Gasteiger partial charge in [-0.2, -0.15) is 0 Å². The van der Waals surface area contributed by atoms with Crippen LogP contribution in [0.25, 0.3) is 0 Å². The van der Waals surface area contributed by atoms with E-state index in [-0.39, 0.29) is 5.41 Å². The lowest BCUT2D eigenvalue weighted by molar-refractivity contribution is 0.564. The van der Waals surface area contributed by atoms with Gasteiger partial charge < -0.3 is 10.6 Å². The lowest BCUT2D eigenvalue weighted by Crippen LogP contribution is -2.30. The van der Waals surface area contributed by atoms with Crippen LogP contribution in [0.15, 0.2) is 12.1 Å². The summed E-state index contributed by atoms with van der Waals surface area (Å²) in [5, 5.41) is 0. The molecule has 1 heterocycles. The minimum Gasteiger partial charge on any atom is -0.357 e. The van der Waals surface area contributed by atoms with Gasteiger partial charge in [0.2, 0.25) is 0 Å². The standard InChI is InChI=1S/C15H27N3/c1-7-11(2)18(6)14-9-12(10-16)8-13(17-14)15(3,4)5/h8-9,11H,7,10,16H2,1-6H3. The Labute approximate surface area is 111 Å². The highest BCUT2D eigenvalue weighted by molar-refractivity contribution is 5.44. The van der Waals surface area contributed by atoms with Crippen molar-refractivity contribution in [1.29, 1.82) is 0 Å². The second-order valence-corrected chi connectivity index (χ2v) is 6.04. The van der Waals surface area contributed by atoms with Gasteiger partial charge in [-0.1, -0.05) is 27.7 Å². The average Bonchev–Trinajstić information content (AvgIpc) is 2.35. The van der Waals surface area contributed by atoms with Crippen molar-refractivity contribution >= 4 is 5.82 Å². The predicted molar refractivity (Wildman–Crippen MR) is 79.0 cm³/mol. The summed E-state index contributed by atoms with van der Waals surface area (Å²) >= 11 is 0. The van der Waals surface area contributed by atoms with E-state index in [1.54, 1.807) is 0 Å². The number of nitrogens with two attached hydrogens (primary N) is 1. The fourth-order valence-electron chi connectivity index (χ4n) is 1.75. The maximum atomic E-state index is 5.79. The summed E-state index contributed by atoms with van der Waals surface area (Å²) in [5.41, 5.74) is 8.11. The van der Waals surface area contributed by atoms with E-state index in [0.717, 1.165) is 23.5 Å². The Kier molecular flexibility index (Phi) is 4.74. The molecule has 0 aromatic carbocycles. The Morgan fingerprint density at radius 3 is 2.39 bits per heavy atom. The van der Waals surface area contributed by atoms with Crippen LogP contribution in [0.1, 0.15) is 52.3 Å². The zero-order valence-corrected chi connectivity index (χ0v) is 12.6. The van der Waals surface area contributed by atoms with Crippen molar-refractivity contribution in [3.63, 3.8) is 0 Å². The third-order valence-corrected chi connectivity index (χ3v) is 3.49. The molecule has 0 fully saturated rings. The van der Waals surface area contributed by atoms with Crippen molar-refractivity contribution in [1.82, 2.24) is 4.98 Å². The fourth-order valence-corrected chi connectivity index (χ4v) is 1.75. The monoisotopic (exact) mass is 249 g/mol. The minimum atomic E-state index is 0.0518. The summed E-state index contributed by atoms with van der Waals surface area (Å²) in [5.74, 6) is 1.03. The Morgan fingerprint density at radius 1 is 1.33 bits per heavy atom. The number of nitrogens with zero attached hydrogens (tertiary/aromatic N) is 2. The molecule has 0 saturated heterocycles. The molecule has 0 bridgehead atoms. The Bertz CT molecular complexity index is 393. The molecule has 0 radical (unpaired) electrons. The topological polar surface area (TPSA) is 42.1 Å². The molecule has 0 aliphatic heterocycles. The summed E-state index contributed by atoms with van der Waals surface area (Å²) in [7, 11) is 2.10. The van der Waals surface area contributed by atoms with E-state index in [4.69, 9.17) is 10.7 Å². The second-order valence-electron chi connectivity index (χ2n) is 6.04. The van der Waals surface area contributed by atoms with E-state index in [2.05, 4.69) is 58.7 Å². The van der Waals surface area contributed by atoms with Crippen LogP contribution in [0, 0.1) is 0 Å². The number of anilines is 1. The molecule has 2 N–H and O–H groups in total. The third-order valence-electron chi connectivity index (χ3n) is 3.49. The van der Waals surface area contributed by atoms with E-state index < -0.39 is 0 Å². The van der Waals surface area contributed by atoms with Crippen LogP contribution >= 0.6 is 0 Å². The largest absolute Gasteiger partial charge is 0.357 e. The van der Waals surface area contributed by atoms with Gasteiger partial charge >= 0.3 is 0 Å².